The van der Waals surface area contributed by atoms with Gasteiger partial charge in [0.25, 0.3) is 0 Å². The van der Waals surface area contributed by atoms with E-state index in [2.05, 4.69) is 27.7 Å². The molecule has 16 heavy (non-hydrogen) atoms. The zero-order valence-corrected chi connectivity index (χ0v) is 11.1. The fraction of sp³-hybridized carbons (Fsp3) is 0.923. The van der Waals surface area contributed by atoms with Gasteiger partial charge in [-0.2, -0.15) is 0 Å². The Morgan fingerprint density at radius 2 is 2.06 bits per heavy atom. The number of carbonyl (C=O) groups is 1. The molecule has 0 saturated heterocycles. The summed E-state index contributed by atoms with van der Waals surface area (Å²) in [7, 11) is 0. The number of nitrogens with zero attached hydrogens (tertiary/aromatic N) is 1. The summed E-state index contributed by atoms with van der Waals surface area (Å²) in [4.78, 5) is 14.3. The average Bonchev–Trinajstić information content (AvgIpc) is 2.22. The van der Waals surface area contributed by atoms with E-state index >= 15 is 0 Å². The summed E-state index contributed by atoms with van der Waals surface area (Å²) >= 11 is 0. The van der Waals surface area contributed by atoms with Gasteiger partial charge in [-0.15, -0.1) is 0 Å². The summed E-state index contributed by atoms with van der Waals surface area (Å²) in [5, 5.41) is 0. The lowest BCUT2D eigenvalue weighted by Gasteiger charge is -2.35. The van der Waals surface area contributed by atoms with Crippen molar-refractivity contribution in [1.29, 1.82) is 0 Å². The molecule has 3 nitrogen and oxygen atoms in total. The number of carbonyl (C=O) groups excluding carboxylic acids is 1. The van der Waals surface area contributed by atoms with Crippen molar-refractivity contribution < 1.29 is 4.79 Å². The van der Waals surface area contributed by atoms with Crippen molar-refractivity contribution >= 4 is 5.91 Å². The van der Waals surface area contributed by atoms with Crippen molar-refractivity contribution in [3.05, 3.63) is 0 Å². The van der Waals surface area contributed by atoms with E-state index in [0.717, 1.165) is 25.8 Å². The summed E-state index contributed by atoms with van der Waals surface area (Å²) in [5.41, 5.74) is 5.98. The minimum Gasteiger partial charge on any atom is -0.340 e. The molecule has 2 N–H and O–H groups in total. The fourth-order valence-electron chi connectivity index (χ4n) is 2.65. The topological polar surface area (TPSA) is 46.3 Å². The molecule has 0 aromatic heterocycles. The molecule has 1 fully saturated rings. The third-order valence-electron chi connectivity index (χ3n) is 3.83. The Morgan fingerprint density at radius 3 is 2.50 bits per heavy atom. The van der Waals surface area contributed by atoms with E-state index in [1.807, 2.05) is 4.90 Å². The van der Waals surface area contributed by atoms with Crippen LogP contribution in [0.25, 0.3) is 0 Å². The van der Waals surface area contributed by atoms with Gasteiger partial charge in [0.1, 0.15) is 0 Å². The molecule has 0 aliphatic heterocycles. The average molecular weight is 226 g/mol. The molecule has 3 atom stereocenters. The molecule has 3 unspecified atom stereocenters. The maximum Gasteiger partial charge on any atom is 0.225 e. The lowest BCUT2D eigenvalue weighted by molar-refractivity contribution is -0.138. The normalized spacial score (nSPS) is 30.5. The molecule has 0 aromatic carbocycles. The monoisotopic (exact) mass is 226 g/mol. The first-order valence-electron chi connectivity index (χ1n) is 6.53. The molecule has 0 aromatic rings. The highest BCUT2D eigenvalue weighted by molar-refractivity contribution is 5.79. The lowest BCUT2D eigenvalue weighted by Crippen LogP contribution is -2.44. The number of hydrogen-bond acceptors (Lipinski definition) is 2. The molecule has 0 bridgehead atoms. The predicted molar refractivity (Wildman–Crippen MR) is 67.0 cm³/mol. The van der Waals surface area contributed by atoms with E-state index in [9.17, 15) is 4.79 Å². The Hall–Kier alpha value is -0.570. The van der Waals surface area contributed by atoms with Gasteiger partial charge in [-0.1, -0.05) is 6.92 Å². The quantitative estimate of drug-likeness (QED) is 0.800. The second-order valence-corrected chi connectivity index (χ2v) is 5.37. The third-order valence-corrected chi connectivity index (χ3v) is 3.83. The molecule has 0 radical (unpaired) electrons. The lowest BCUT2D eigenvalue weighted by atomic mass is 9.78. The maximum absolute atomic E-state index is 12.3. The molecule has 1 amide bonds. The molecular weight excluding hydrogens is 200 g/mol. The van der Waals surface area contributed by atoms with Gasteiger partial charge in [-0.05, 0) is 46.0 Å². The van der Waals surface area contributed by atoms with Crippen LogP contribution in [0, 0.1) is 11.8 Å². The van der Waals surface area contributed by atoms with Crippen LogP contribution in [0.1, 0.15) is 47.0 Å². The van der Waals surface area contributed by atoms with Crippen LogP contribution in [0.4, 0.5) is 0 Å². The second-order valence-electron chi connectivity index (χ2n) is 5.37. The van der Waals surface area contributed by atoms with E-state index in [1.54, 1.807) is 0 Å². The molecule has 0 heterocycles. The molecule has 1 rings (SSSR count). The molecule has 1 aliphatic rings. The van der Waals surface area contributed by atoms with Gasteiger partial charge in [0.15, 0.2) is 0 Å². The van der Waals surface area contributed by atoms with Crippen molar-refractivity contribution in [2.75, 3.05) is 6.54 Å². The highest BCUT2D eigenvalue weighted by Crippen LogP contribution is 2.29. The molecular formula is C13H26N2O. The summed E-state index contributed by atoms with van der Waals surface area (Å²) in [6, 6.07) is 0.599. The smallest absolute Gasteiger partial charge is 0.225 e. The highest BCUT2D eigenvalue weighted by Gasteiger charge is 2.32. The highest BCUT2D eigenvalue weighted by atomic mass is 16.2. The first kappa shape index (κ1) is 13.5. The number of hydrogen-bond donors (Lipinski definition) is 1. The minimum atomic E-state index is 0.206. The maximum atomic E-state index is 12.3. The van der Waals surface area contributed by atoms with E-state index in [-0.39, 0.29) is 12.0 Å². The van der Waals surface area contributed by atoms with Crippen LogP contribution in [0.15, 0.2) is 0 Å². The van der Waals surface area contributed by atoms with Gasteiger partial charge in [-0.25, -0.2) is 0 Å². The Labute approximate surface area is 99.4 Å². The van der Waals surface area contributed by atoms with Crippen molar-refractivity contribution in [3.63, 3.8) is 0 Å². The van der Waals surface area contributed by atoms with Gasteiger partial charge >= 0.3 is 0 Å². The number of amides is 1. The SMILES string of the molecule is CCN(C(=O)C1CCC(N)C(C)C1)C(C)C. The summed E-state index contributed by atoms with van der Waals surface area (Å²) in [5.74, 6) is 1.02. The van der Waals surface area contributed by atoms with Gasteiger partial charge < -0.3 is 10.6 Å². The summed E-state index contributed by atoms with van der Waals surface area (Å²) < 4.78 is 0. The predicted octanol–water partition coefficient (Wildman–Crippen LogP) is 2.01. The van der Waals surface area contributed by atoms with Crippen molar-refractivity contribution in [1.82, 2.24) is 4.90 Å². The molecule has 0 spiro atoms. The van der Waals surface area contributed by atoms with Crippen molar-refractivity contribution in [2.24, 2.45) is 17.6 Å². The van der Waals surface area contributed by atoms with Crippen LogP contribution in [0.3, 0.4) is 0 Å². The van der Waals surface area contributed by atoms with Gasteiger partial charge in [0.05, 0.1) is 0 Å². The van der Waals surface area contributed by atoms with Crippen LogP contribution in [-0.4, -0.2) is 29.4 Å². The Kier molecular flexibility index (Phi) is 4.78. The third kappa shape index (κ3) is 2.97. The standard InChI is InChI=1S/C13H26N2O/c1-5-15(9(2)3)13(16)11-6-7-12(14)10(4)8-11/h9-12H,5-8,14H2,1-4H3. The molecule has 3 heteroatoms. The van der Waals surface area contributed by atoms with Crippen LogP contribution in [0.2, 0.25) is 0 Å². The van der Waals surface area contributed by atoms with Crippen LogP contribution in [0.5, 0.6) is 0 Å². The Morgan fingerprint density at radius 1 is 1.44 bits per heavy atom. The number of rotatable bonds is 3. The van der Waals surface area contributed by atoms with Gasteiger partial charge in [-0.3, -0.25) is 4.79 Å². The van der Waals surface area contributed by atoms with Gasteiger partial charge in [0.2, 0.25) is 5.91 Å². The minimum absolute atomic E-state index is 0.206. The molecule has 1 aliphatic carbocycles. The fourth-order valence-corrected chi connectivity index (χ4v) is 2.65. The summed E-state index contributed by atoms with van der Waals surface area (Å²) in [6.45, 7) is 9.19. The van der Waals surface area contributed by atoms with Crippen molar-refractivity contribution in [2.45, 2.75) is 59.0 Å². The zero-order valence-electron chi connectivity index (χ0n) is 11.1. The van der Waals surface area contributed by atoms with E-state index in [0.29, 0.717) is 17.9 Å². The first-order chi connectivity index (χ1) is 7.47. The molecule has 94 valence electrons. The van der Waals surface area contributed by atoms with Crippen LogP contribution < -0.4 is 5.73 Å². The zero-order chi connectivity index (χ0) is 12.3. The summed E-state index contributed by atoms with van der Waals surface area (Å²) in [6.07, 6.45) is 2.92. The van der Waals surface area contributed by atoms with Crippen LogP contribution >= 0.6 is 0 Å². The number of nitrogens with two attached hydrogens (primary N) is 1. The van der Waals surface area contributed by atoms with Crippen LogP contribution in [-0.2, 0) is 4.79 Å². The van der Waals surface area contributed by atoms with E-state index < -0.39 is 0 Å². The Balaban J connectivity index is 2.60. The first-order valence-corrected chi connectivity index (χ1v) is 6.53. The molecule has 1 saturated carbocycles. The van der Waals surface area contributed by atoms with E-state index in [4.69, 9.17) is 5.73 Å². The largest absolute Gasteiger partial charge is 0.340 e. The van der Waals surface area contributed by atoms with Crippen molar-refractivity contribution in [3.8, 4) is 0 Å². The van der Waals surface area contributed by atoms with Gasteiger partial charge in [0, 0.05) is 24.5 Å². The second kappa shape index (κ2) is 5.67. The van der Waals surface area contributed by atoms with E-state index in [1.165, 1.54) is 0 Å². The Bertz CT molecular complexity index is 240.